The second-order valence-electron chi connectivity index (χ2n) is 8.79. The van der Waals surface area contributed by atoms with Gasteiger partial charge in [-0.15, -0.1) is 0 Å². The van der Waals surface area contributed by atoms with E-state index in [9.17, 15) is 0 Å². The number of ether oxygens (including phenoxy) is 2. The van der Waals surface area contributed by atoms with Gasteiger partial charge >= 0.3 is 0 Å². The summed E-state index contributed by atoms with van der Waals surface area (Å²) in [6, 6.07) is 7.23. The Morgan fingerprint density at radius 2 is 1.96 bits per heavy atom. The van der Waals surface area contributed by atoms with Crippen LogP contribution in [-0.4, -0.2) is 43.9 Å². The Labute approximate surface area is 151 Å². The summed E-state index contributed by atoms with van der Waals surface area (Å²) in [5.74, 6) is 2.03. The summed E-state index contributed by atoms with van der Waals surface area (Å²) in [6.45, 7) is 2.51. The number of fused-ring (bicyclic) bond motifs is 1. The van der Waals surface area contributed by atoms with Crippen molar-refractivity contribution in [2.24, 2.45) is 5.92 Å². The smallest absolute Gasteiger partial charge is 0.123 e. The van der Waals surface area contributed by atoms with E-state index in [-0.39, 0.29) is 11.0 Å². The van der Waals surface area contributed by atoms with E-state index in [2.05, 4.69) is 23.1 Å². The minimum absolute atomic E-state index is 0.0278. The average molecular weight is 341 g/mol. The van der Waals surface area contributed by atoms with E-state index in [1.807, 2.05) is 14.2 Å². The van der Waals surface area contributed by atoms with Gasteiger partial charge in [0.25, 0.3) is 0 Å². The molecule has 1 aliphatic heterocycles. The van der Waals surface area contributed by atoms with Gasteiger partial charge < -0.3 is 9.47 Å². The number of nitrogens with zero attached hydrogens (tertiary/aromatic N) is 1. The Kier molecular flexibility index (Phi) is 3.69. The molecule has 0 N–H and O–H groups in total. The predicted molar refractivity (Wildman–Crippen MR) is 99.3 cm³/mol. The van der Waals surface area contributed by atoms with Crippen LogP contribution < -0.4 is 4.74 Å². The van der Waals surface area contributed by atoms with Crippen LogP contribution >= 0.6 is 0 Å². The Morgan fingerprint density at radius 1 is 1.12 bits per heavy atom. The van der Waals surface area contributed by atoms with Gasteiger partial charge in [0.1, 0.15) is 5.75 Å². The molecule has 3 heteroatoms. The van der Waals surface area contributed by atoms with E-state index in [1.165, 1.54) is 69.2 Å². The maximum Gasteiger partial charge on any atom is 0.123 e. The van der Waals surface area contributed by atoms with Crippen molar-refractivity contribution in [1.29, 1.82) is 0 Å². The zero-order chi connectivity index (χ0) is 17.1. The van der Waals surface area contributed by atoms with Crippen molar-refractivity contribution in [3.63, 3.8) is 0 Å². The summed E-state index contributed by atoms with van der Waals surface area (Å²) < 4.78 is 12.4. The highest BCUT2D eigenvalue weighted by Gasteiger charge is 2.65. The summed E-state index contributed by atoms with van der Waals surface area (Å²) in [7, 11) is 3.81. The van der Waals surface area contributed by atoms with E-state index in [1.54, 1.807) is 0 Å². The topological polar surface area (TPSA) is 21.7 Å². The molecule has 0 aromatic heterocycles. The molecule has 3 aliphatic carbocycles. The molecule has 3 fully saturated rings. The fraction of sp³-hybridized carbons (Fsp3) is 0.727. The molecule has 4 aliphatic rings. The van der Waals surface area contributed by atoms with Gasteiger partial charge in [0.15, 0.2) is 0 Å². The van der Waals surface area contributed by atoms with Crippen LogP contribution in [-0.2, 0) is 16.6 Å². The molecule has 2 bridgehead atoms. The molecule has 1 aromatic carbocycles. The number of piperidine rings is 1. The van der Waals surface area contributed by atoms with Gasteiger partial charge in [0.05, 0.1) is 12.7 Å². The summed E-state index contributed by atoms with van der Waals surface area (Å²) in [5.41, 5.74) is 3.12. The van der Waals surface area contributed by atoms with Crippen molar-refractivity contribution in [3.8, 4) is 5.75 Å². The van der Waals surface area contributed by atoms with Crippen molar-refractivity contribution in [2.75, 3.05) is 27.3 Å². The van der Waals surface area contributed by atoms with Gasteiger partial charge in [-0.2, -0.15) is 0 Å². The molecule has 5 rings (SSSR count). The molecule has 0 unspecified atom stereocenters. The third kappa shape index (κ3) is 2.12. The van der Waals surface area contributed by atoms with Gasteiger partial charge in [-0.25, -0.2) is 0 Å². The number of hydrogen-bond acceptors (Lipinski definition) is 3. The Balaban J connectivity index is 1.68. The van der Waals surface area contributed by atoms with Crippen LogP contribution in [0.25, 0.3) is 0 Å². The second-order valence-corrected chi connectivity index (χ2v) is 8.79. The van der Waals surface area contributed by atoms with Crippen LogP contribution in [0.15, 0.2) is 18.2 Å². The third-order valence-electron chi connectivity index (χ3n) is 7.79. The molecular weight excluding hydrogens is 310 g/mol. The third-order valence-corrected chi connectivity index (χ3v) is 7.79. The minimum atomic E-state index is -0.0278. The maximum atomic E-state index is 6.53. The lowest BCUT2D eigenvalue weighted by Crippen LogP contribution is -2.73. The highest BCUT2D eigenvalue weighted by Crippen LogP contribution is 2.61. The molecule has 1 heterocycles. The van der Waals surface area contributed by atoms with Gasteiger partial charge in [0, 0.05) is 30.7 Å². The SMILES string of the molecule is COc1cccc2c1[C@@]13CCCC[C@@]1(OC)[C@@H](C2)N(CC1CC1)CC3. The lowest BCUT2D eigenvalue weighted by molar-refractivity contribution is -0.186. The Hall–Kier alpha value is -1.06. The second kappa shape index (κ2) is 5.72. The quantitative estimate of drug-likeness (QED) is 0.828. The maximum absolute atomic E-state index is 6.53. The summed E-state index contributed by atoms with van der Waals surface area (Å²) in [4.78, 5) is 2.80. The zero-order valence-electron chi connectivity index (χ0n) is 15.7. The van der Waals surface area contributed by atoms with E-state index < -0.39 is 0 Å². The molecule has 0 radical (unpaired) electrons. The first-order chi connectivity index (χ1) is 12.2. The van der Waals surface area contributed by atoms with E-state index in [0.717, 1.165) is 18.1 Å². The standard InChI is InChI=1S/C22H31NO2/c1-24-18-7-5-6-17-14-19-22(25-2)11-4-3-10-21(22,20(17)18)12-13-23(19)15-16-8-9-16/h5-7,16,19H,3-4,8-15H2,1-2H3/t19-,21+,22-/m1/s1. The van der Waals surface area contributed by atoms with Crippen LogP contribution in [0.1, 0.15) is 56.1 Å². The summed E-state index contributed by atoms with van der Waals surface area (Å²) in [6.07, 6.45) is 10.3. The fourth-order valence-corrected chi connectivity index (χ4v) is 6.58. The molecule has 3 nitrogen and oxygen atoms in total. The van der Waals surface area contributed by atoms with E-state index >= 15 is 0 Å². The molecule has 0 spiro atoms. The molecule has 2 saturated carbocycles. The molecule has 1 aromatic rings. The normalized spacial score (nSPS) is 37.3. The first-order valence-electron chi connectivity index (χ1n) is 10.2. The lowest BCUT2D eigenvalue weighted by Gasteiger charge is -2.65. The number of benzene rings is 1. The first kappa shape index (κ1) is 16.1. The molecule has 0 amide bonds. The molecule has 1 saturated heterocycles. The largest absolute Gasteiger partial charge is 0.496 e. The van der Waals surface area contributed by atoms with Gasteiger partial charge in [-0.3, -0.25) is 4.90 Å². The monoisotopic (exact) mass is 341 g/mol. The number of hydrogen-bond donors (Lipinski definition) is 0. The van der Waals surface area contributed by atoms with Gasteiger partial charge in [0.2, 0.25) is 0 Å². The van der Waals surface area contributed by atoms with Crippen LogP contribution in [0.5, 0.6) is 5.75 Å². The van der Waals surface area contributed by atoms with Crippen molar-refractivity contribution in [2.45, 2.75) is 68.4 Å². The fourth-order valence-electron chi connectivity index (χ4n) is 6.58. The highest BCUT2D eigenvalue weighted by atomic mass is 16.5. The minimum Gasteiger partial charge on any atom is -0.496 e. The lowest BCUT2D eigenvalue weighted by atomic mass is 9.49. The zero-order valence-corrected chi connectivity index (χ0v) is 15.7. The van der Waals surface area contributed by atoms with Crippen molar-refractivity contribution in [3.05, 3.63) is 29.3 Å². The number of methoxy groups -OCH3 is 2. The highest BCUT2D eigenvalue weighted by molar-refractivity contribution is 5.52. The average Bonchev–Trinajstić information content (AvgIpc) is 3.47. The van der Waals surface area contributed by atoms with Gasteiger partial charge in [-0.05, 0) is 62.6 Å². The molecule has 3 atom stereocenters. The van der Waals surface area contributed by atoms with E-state index in [0.29, 0.717) is 6.04 Å². The Morgan fingerprint density at radius 3 is 2.72 bits per heavy atom. The summed E-state index contributed by atoms with van der Waals surface area (Å²) in [5, 5.41) is 0. The predicted octanol–water partition coefficient (Wildman–Crippen LogP) is 3.93. The van der Waals surface area contributed by atoms with Crippen molar-refractivity contribution in [1.82, 2.24) is 4.90 Å². The molecular formula is C22H31NO2. The van der Waals surface area contributed by atoms with Crippen LogP contribution in [0.2, 0.25) is 0 Å². The Bertz CT molecular complexity index is 670. The van der Waals surface area contributed by atoms with Crippen molar-refractivity contribution >= 4 is 0 Å². The number of likely N-dealkylation sites (tertiary alicyclic amines) is 1. The number of rotatable bonds is 4. The summed E-state index contributed by atoms with van der Waals surface area (Å²) >= 11 is 0. The molecule has 25 heavy (non-hydrogen) atoms. The van der Waals surface area contributed by atoms with Gasteiger partial charge in [-0.1, -0.05) is 25.0 Å². The van der Waals surface area contributed by atoms with E-state index in [4.69, 9.17) is 9.47 Å². The van der Waals surface area contributed by atoms with Crippen LogP contribution in [0.4, 0.5) is 0 Å². The van der Waals surface area contributed by atoms with Crippen LogP contribution in [0.3, 0.4) is 0 Å². The molecule has 136 valence electrons. The van der Waals surface area contributed by atoms with Crippen LogP contribution in [0, 0.1) is 5.92 Å². The van der Waals surface area contributed by atoms with Crippen molar-refractivity contribution < 1.29 is 9.47 Å². The first-order valence-corrected chi connectivity index (χ1v) is 10.2.